The van der Waals surface area contributed by atoms with Gasteiger partial charge in [-0.3, -0.25) is 0 Å². The third-order valence-electron chi connectivity index (χ3n) is 1.60. The molecular formula is C10H18O2. The van der Waals surface area contributed by atoms with Crippen LogP contribution in [0.15, 0.2) is 12.2 Å². The summed E-state index contributed by atoms with van der Waals surface area (Å²) < 4.78 is 5.02. The molecule has 0 aliphatic rings. The molecule has 0 radical (unpaired) electrons. The van der Waals surface area contributed by atoms with Gasteiger partial charge in [-0.15, -0.1) is 0 Å². The molecule has 0 aromatic rings. The first-order valence-electron chi connectivity index (χ1n) is 4.57. The molecule has 12 heavy (non-hydrogen) atoms. The summed E-state index contributed by atoms with van der Waals surface area (Å²) in [6.45, 7) is 5.96. The lowest BCUT2D eigenvalue weighted by atomic mass is 10.3. The summed E-state index contributed by atoms with van der Waals surface area (Å²) >= 11 is 0. The number of hydrogen-bond donors (Lipinski definition) is 0. The molecule has 0 saturated carbocycles. The summed E-state index contributed by atoms with van der Waals surface area (Å²) in [5.41, 5.74) is 0. The molecule has 1 atom stereocenters. The minimum Gasteiger partial charge on any atom is -0.460 e. The highest BCUT2D eigenvalue weighted by atomic mass is 16.5. The van der Waals surface area contributed by atoms with Gasteiger partial charge in [0.25, 0.3) is 0 Å². The number of ether oxygens (including phenoxy) is 1. The van der Waals surface area contributed by atoms with Gasteiger partial charge in [0.2, 0.25) is 0 Å². The van der Waals surface area contributed by atoms with Crippen LogP contribution in [0, 0.1) is 0 Å². The van der Waals surface area contributed by atoms with Crippen molar-refractivity contribution in [1.82, 2.24) is 0 Å². The Kier molecular flexibility index (Phi) is 6.44. The number of unbranched alkanes of at least 4 members (excludes halogenated alkanes) is 1. The monoisotopic (exact) mass is 170 g/mol. The van der Waals surface area contributed by atoms with Gasteiger partial charge in [-0.1, -0.05) is 26.3 Å². The Morgan fingerprint density at radius 1 is 1.50 bits per heavy atom. The molecule has 0 heterocycles. The van der Waals surface area contributed by atoms with Gasteiger partial charge in [0.1, 0.15) is 0 Å². The minimum absolute atomic E-state index is 0.0313. The Morgan fingerprint density at radius 2 is 2.17 bits per heavy atom. The van der Waals surface area contributed by atoms with E-state index in [4.69, 9.17) is 4.74 Å². The van der Waals surface area contributed by atoms with E-state index in [0.29, 0.717) is 0 Å². The maximum absolute atomic E-state index is 11.0. The SMILES string of the molecule is CCC/C=C/C(=O)OC(C)CC. The normalized spacial score (nSPS) is 13.2. The van der Waals surface area contributed by atoms with Gasteiger partial charge in [-0.2, -0.15) is 0 Å². The van der Waals surface area contributed by atoms with Gasteiger partial charge in [0.15, 0.2) is 0 Å². The Balaban J connectivity index is 3.58. The van der Waals surface area contributed by atoms with Crippen LogP contribution < -0.4 is 0 Å². The topological polar surface area (TPSA) is 26.3 Å². The van der Waals surface area contributed by atoms with Crippen LogP contribution in [0.5, 0.6) is 0 Å². The van der Waals surface area contributed by atoms with Crippen molar-refractivity contribution in [2.45, 2.75) is 46.1 Å². The number of carbonyl (C=O) groups excluding carboxylic acids is 1. The smallest absolute Gasteiger partial charge is 0.330 e. The average molecular weight is 170 g/mol. The van der Waals surface area contributed by atoms with Gasteiger partial charge < -0.3 is 4.74 Å². The van der Waals surface area contributed by atoms with Crippen LogP contribution in [0.1, 0.15) is 40.0 Å². The molecule has 0 saturated heterocycles. The standard InChI is InChI=1S/C10H18O2/c1-4-6-7-8-10(11)12-9(3)5-2/h7-9H,4-6H2,1-3H3/b8-7+. The largest absolute Gasteiger partial charge is 0.460 e. The van der Waals surface area contributed by atoms with Crippen molar-refractivity contribution >= 4 is 5.97 Å². The summed E-state index contributed by atoms with van der Waals surface area (Å²) in [4.78, 5) is 11.0. The van der Waals surface area contributed by atoms with E-state index in [-0.39, 0.29) is 12.1 Å². The quantitative estimate of drug-likeness (QED) is 0.468. The van der Waals surface area contributed by atoms with Crippen LogP contribution in [0.3, 0.4) is 0 Å². The fourth-order valence-electron chi connectivity index (χ4n) is 0.667. The third-order valence-corrected chi connectivity index (χ3v) is 1.60. The number of carbonyl (C=O) groups is 1. The lowest BCUT2D eigenvalue weighted by molar-refractivity contribution is -0.142. The van der Waals surface area contributed by atoms with E-state index in [1.54, 1.807) is 0 Å². The lowest BCUT2D eigenvalue weighted by Crippen LogP contribution is -2.11. The molecule has 0 N–H and O–H groups in total. The maximum Gasteiger partial charge on any atom is 0.330 e. The second-order valence-electron chi connectivity index (χ2n) is 2.85. The molecule has 70 valence electrons. The molecule has 0 amide bonds. The highest BCUT2D eigenvalue weighted by molar-refractivity contribution is 5.81. The van der Waals surface area contributed by atoms with Crippen molar-refractivity contribution in [2.24, 2.45) is 0 Å². The average Bonchev–Trinajstić information content (AvgIpc) is 2.05. The molecule has 0 spiro atoms. The molecule has 0 aliphatic carbocycles. The first-order chi connectivity index (χ1) is 5.70. The Hall–Kier alpha value is -0.790. The van der Waals surface area contributed by atoms with E-state index in [2.05, 4.69) is 6.92 Å². The van der Waals surface area contributed by atoms with E-state index in [1.807, 2.05) is 19.9 Å². The van der Waals surface area contributed by atoms with Crippen molar-refractivity contribution in [2.75, 3.05) is 0 Å². The van der Waals surface area contributed by atoms with Crippen molar-refractivity contribution in [3.8, 4) is 0 Å². The van der Waals surface area contributed by atoms with Gasteiger partial charge in [-0.05, 0) is 19.8 Å². The molecule has 0 bridgehead atoms. The van der Waals surface area contributed by atoms with Gasteiger partial charge in [-0.25, -0.2) is 4.79 Å². The Morgan fingerprint density at radius 3 is 2.67 bits per heavy atom. The maximum atomic E-state index is 11.0. The lowest BCUT2D eigenvalue weighted by Gasteiger charge is -2.07. The highest BCUT2D eigenvalue weighted by Gasteiger charge is 2.02. The van der Waals surface area contributed by atoms with Crippen LogP contribution in [-0.2, 0) is 9.53 Å². The summed E-state index contributed by atoms with van der Waals surface area (Å²) in [5.74, 6) is -0.224. The Bertz CT molecular complexity index is 150. The molecule has 0 rings (SSSR count). The van der Waals surface area contributed by atoms with Crippen molar-refractivity contribution in [3.05, 3.63) is 12.2 Å². The molecule has 0 aromatic carbocycles. The zero-order valence-electron chi connectivity index (χ0n) is 8.17. The second-order valence-corrected chi connectivity index (χ2v) is 2.85. The van der Waals surface area contributed by atoms with E-state index < -0.39 is 0 Å². The first-order valence-corrected chi connectivity index (χ1v) is 4.57. The predicted molar refractivity (Wildman–Crippen MR) is 49.9 cm³/mol. The van der Waals surface area contributed by atoms with E-state index in [9.17, 15) is 4.79 Å². The molecule has 2 heteroatoms. The minimum atomic E-state index is -0.224. The van der Waals surface area contributed by atoms with Crippen molar-refractivity contribution in [1.29, 1.82) is 0 Å². The zero-order valence-corrected chi connectivity index (χ0v) is 8.17. The van der Waals surface area contributed by atoms with Crippen LogP contribution >= 0.6 is 0 Å². The highest BCUT2D eigenvalue weighted by Crippen LogP contribution is 1.97. The Labute approximate surface area is 74.6 Å². The van der Waals surface area contributed by atoms with Gasteiger partial charge in [0.05, 0.1) is 6.10 Å². The van der Waals surface area contributed by atoms with Crippen molar-refractivity contribution in [3.63, 3.8) is 0 Å². The summed E-state index contributed by atoms with van der Waals surface area (Å²) in [5, 5.41) is 0. The van der Waals surface area contributed by atoms with Crippen LogP contribution in [0.2, 0.25) is 0 Å². The summed E-state index contributed by atoms with van der Waals surface area (Å²) in [7, 11) is 0. The third kappa shape index (κ3) is 5.96. The predicted octanol–water partition coefficient (Wildman–Crippen LogP) is 2.68. The second kappa shape index (κ2) is 6.89. The van der Waals surface area contributed by atoms with Crippen molar-refractivity contribution < 1.29 is 9.53 Å². The van der Waals surface area contributed by atoms with Crippen LogP contribution in [0.25, 0.3) is 0 Å². The fraction of sp³-hybridized carbons (Fsp3) is 0.700. The number of allylic oxidation sites excluding steroid dienone is 1. The molecule has 0 aromatic heterocycles. The van der Waals surface area contributed by atoms with Crippen LogP contribution in [0.4, 0.5) is 0 Å². The summed E-state index contributed by atoms with van der Waals surface area (Å²) in [6.07, 6.45) is 6.26. The van der Waals surface area contributed by atoms with E-state index in [1.165, 1.54) is 6.08 Å². The first kappa shape index (κ1) is 11.2. The fourth-order valence-corrected chi connectivity index (χ4v) is 0.667. The molecule has 0 aliphatic heterocycles. The molecular weight excluding hydrogens is 152 g/mol. The number of rotatable bonds is 5. The molecule has 0 fully saturated rings. The summed E-state index contributed by atoms with van der Waals surface area (Å²) in [6, 6.07) is 0. The van der Waals surface area contributed by atoms with Gasteiger partial charge in [0, 0.05) is 6.08 Å². The molecule has 2 nitrogen and oxygen atoms in total. The van der Waals surface area contributed by atoms with Crippen LogP contribution in [-0.4, -0.2) is 12.1 Å². The van der Waals surface area contributed by atoms with Gasteiger partial charge >= 0.3 is 5.97 Å². The number of esters is 1. The van der Waals surface area contributed by atoms with E-state index >= 15 is 0 Å². The zero-order chi connectivity index (χ0) is 9.40. The number of hydrogen-bond acceptors (Lipinski definition) is 2. The molecule has 1 unspecified atom stereocenters. The van der Waals surface area contributed by atoms with E-state index in [0.717, 1.165) is 19.3 Å².